The largest absolute Gasteiger partial charge is 0.433 e. The number of hydrogen-bond acceptors (Lipinski definition) is 7. The summed E-state index contributed by atoms with van der Waals surface area (Å²) in [6, 6.07) is 12.5. The Morgan fingerprint density at radius 1 is 1.02 bits per heavy atom. The molecule has 15 heteroatoms. The monoisotopic (exact) mass is 685 g/mol. The molecule has 1 aromatic carbocycles. The van der Waals surface area contributed by atoms with Crippen LogP contribution in [-0.4, -0.2) is 73.1 Å². The van der Waals surface area contributed by atoms with Crippen molar-refractivity contribution in [3.63, 3.8) is 0 Å². The lowest BCUT2D eigenvalue weighted by Gasteiger charge is -2.40. The van der Waals surface area contributed by atoms with Gasteiger partial charge in [0.05, 0.1) is 17.8 Å². The Kier molecular flexibility index (Phi) is 8.01. The SMILES string of the molecule is O=C1CCN(c2cnc3c(C4CCN(CC5CC(n6cc7cc(NC(=O)c8cccc(C(F)(F)F)n8)ccc7n6)C5)CC4)cccn23)C(=O)N1. The third-order valence-electron chi connectivity index (χ3n) is 10.1. The molecule has 8 rings (SSSR count). The number of nitrogens with zero attached hydrogens (tertiary/aromatic N) is 7. The first kappa shape index (κ1) is 31.9. The molecule has 2 saturated heterocycles. The number of benzene rings is 1. The number of halogens is 3. The summed E-state index contributed by atoms with van der Waals surface area (Å²) in [6.07, 6.45) is 5.27. The van der Waals surface area contributed by atoms with Crippen LogP contribution < -0.4 is 15.5 Å². The van der Waals surface area contributed by atoms with Crippen LogP contribution in [0.3, 0.4) is 0 Å². The number of imide groups is 1. The molecule has 1 saturated carbocycles. The Bertz CT molecular complexity index is 2110. The number of carbonyl (C=O) groups is 3. The van der Waals surface area contributed by atoms with E-state index in [1.54, 1.807) is 29.3 Å². The third kappa shape index (κ3) is 6.17. The van der Waals surface area contributed by atoms with Gasteiger partial charge in [-0.05, 0) is 92.6 Å². The number of hydrogen-bond donors (Lipinski definition) is 2. The Balaban J connectivity index is 0.843. The van der Waals surface area contributed by atoms with Crippen molar-refractivity contribution < 1.29 is 27.6 Å². The minimum atomic E-state index is -4.63. The Morgan fingerprint density at radius 3 is 2.62 bits per heavy atom. The number of rotatable bonds is 7. The number of alkyl halides is 3. The summed E-state index contributed by atoms with van der Waals surface area (Å²) in [5.41, 5.74) is 1.83. The molecule has 258 valence electrons. The normalized spacial score (nSPS) is 20.7. The van der Waals surface area contributed by atoms with Gasteiger partial charge in [-0.1, -0.05) is 12.1 Å². The second-order valence-electron chi connectivity index (χ2n) is 13.3. The van der Waals surface area contributed by atoms with Crippen LogP contribution in [0.2, 0.25) is 0 Å². The van der Waals surface area contributed by atoms with E-state index in [0.29, 0.717) is 29.9 Å². The zero-order chi connectivity index (χ0) is 34.6. The Hall–Kier alpha value is -5.31. The smallest absolute Gasteiger partial charge is 0.321 e. The maximum absolute atomic E-state index is 13.0. The summed E-state index contributed by atoms with van der Waals surface area (Å²) in [6.45, 7) is 3.35. The molecule has 0 atom stereocenters. The standard InChI is InChI=1S/C35H34F3N9O3/c36-35(37,38)29-5-1-4-28(41-29)33(49)40-24-6-7-27-23(17-24)20-47(43-27)25-15-21(16-25)19-44-12-8-22(9-13-44)26-3-2-11-45-31(18-39-32(26)45)46-14-10-30(48)42-34(46)50/h1-7,11,17-18,20-22,25H,8-10,12-16,19H2,(H,40,49)(H,42,48,50). The van der Waals surface area contributed by atoms with E-state index in [-0.39, 0.29) is 24.1 Å². The van der Waals surface area contributed by atoms with Gasteiger partial charge in [0.15, 0.2) is 0 Å². The molecule has 1 aliphatic carbocycles. The van der Waals surface area contributed by atoms with Gasteiger partial charge in [0.1, 0.15) is 22.9 Å². The second kappa shape index (κ2) is 12.5. The topological polar surface area (TPSA) is 130 Å². The number of fused-ring (bicyclic) bond motifs is 2. The molecule has 4 aromatic heterocycles. The molecular weight excluding hydrogens is 651 g/mol. The predicted molar refractivity (Wildman–Crippen MR) is 178 cm³/mol. The first-order valence-electron chi connectivity index (χ1n) is 16.7. The van der Waals surface area contributed by atoms with E-state index in [0.717, 1.165) is 74.0 Å². The van der Waals surface area contributed by atoms with E-state index in [4.69, 9.17) is 5.10 Å². The summed E-state index contributed by atoms with van der Waals surface area (Å²) in [4.78, 5) is 48.9. The number of amides is 4. The van der Waals surface area contributed by atoms with E-state index >= 15 is 0 Å². The fourth-order valence-electron chi connectivity index (χ4n) is 7.40. The van der Waals surface area contributed by atoms with Gasteiger partial charge >= 0.3 is 12.2 Å². The van der Waals surface area contributed by atoms with Crippen LogP contribution in [0.5, 0.6) is 0 Å². The molecule has 6 heterocycles. The number of urea groups is 1. The minimum Gasteiger partial charge on any atom is -0.321 e. The van der Waals surface area contributed by atoms with E-state index in [9.17, 15) is 27.6 Å². The lowest BCUT2D eigenvalue weighted by Crippen LogP contribution is -2.50. The fourth-order valence-corrected chi connectivity index (χ4v) is 7.40. The van der Waals surface area contributed by atoms with Crippen molar-refractivity contribution in [2.75, 3.05) is 36.4 Å². The molecule has 4 amide bonds. The highest BCUT2D eigenvalue weighted by molar-refractivity contribution is 6.05. The second-order valence-corrected chi connectivity index (χ2v) is 13.3. The zero-order valence-electron chi connectivity index (χ0n) is 26.9. The van der Waals surface area contributed by atoms with Crippen molar-refractivity contribution in [1.29, 1.82) is 0 Å². The number of imidazole rings is 1. The molecule has 2 N–H and O–H groups in total. The summed E-state index contributed by atoms with van der Waals surface area (Å²) in [7, 11) is 0. The number of pyridine rings is 2. The fraction of sp³-hybridized carbons (Fsp3) is 0.371. The van der Waals surface area contributed by atoms with Crippen molar-refractivity contribution in [2.24, 2.45) is 5.92 Å². The average Bonchev–Trinajstić information content (AvgIpc) is 3.70. The van der Waals surface area contributed by atoms with Gasteiger partial charge in [0.2, 0.25) is 5.91 Å². The summed E-state index contributed by atoms with van der Waals surface area (Å²) in [5.74, 6) is 0.611. The van der Waals surface area contributed by atoms with E-state index < -0.39 is 23.8 Å². The molecule has 3 fully saturated rings. The van der Waals surface area contributed by atoms with Gasteiger partial charge < -0.3 is 10.2 Å². The lowest BCUT2D eigenvalue weighted by atomic mass is 9.79. The Morgan fingerprint density at radius 2 is 1.84 bits per heavy atom. The van der Waals surface area contributed by atoms with Gasteiger partial charge in [-0.2, -0.15) is 18.3 Å². The highest BCUT2D eigenvalue weighted by atomic mass is 19.4. The van der Waals surface area contributed by atoms with Crippen LogP contribution >= 0.6 is 0 Å². The lowest BCUT2D eigenvalue weighted by molar-refractivity contribution is -0.141. The molecule has 2 aliphatic heterocycles. The van der Waals surface area contributed by atoms with Crippen LogP contribution in [0.1, 0.15) is 65.8 Å². The van der Waals surface area contributed by atoms with Crippen molar-refractivity contribution >= 4 is 45.9 Å². The molecule has 0 unspecified atom stereocenters. The van der Waals surface area contributed by atoms with E-state index in [1.807, 2.05) is 27.5 Å². The van der Waals surface area contributed by atoms with Crippen molar-refractivity contribution in [1.82, 2.24) is 34.4 Å². The molecule has 0 spiro atoms. The molecule has 50 heavy (non-hydrogen) atoms. The first-order valence-corrected chi connectivity index (χ1v) is 16.7. The average molecular weight is 686 g/mol. The number of anilines is 2. The number of likely N-dealkylation sites (tertiary alicyclic amines) is 1. The summed E-state index contributed by atoms with van der Waals surface area (Å²) < 4.78 is 43.0. The van der Waals surface area contributed by atoms with Crippen LogP contribution in [0.15, 0.2) is 67.1 Å². The number of aromatic nitrogens is 5. The molecule has 12 nitrogen and oxygen atoms in total. The first-order chi connectivity index (χ1) is 24.1. The Labute approximate surface area is 284 Å². The number of carbonyl (C=O) groups excluding carboxylic acids is 3. The third-order valence-corrected chi connectivity index (χ3v) is 10.1. The van der Waals surface area contributed by atoms with Crippen molar-refractivity contribution in [3.8, 4) is 0 Å². The molecule has 0 radical (unpaired) electrons. The van der Waals surface area contributed by atoms with Gasteiger partial charge in [0, 0.05) is 43.0 Å². The van der Waals surface area contributed by atoms with Crippen LogP contribution in [0, 0.1) is 5.92 Å². The minimum absolute atomic E-state index is 0.259. The number of nitrogens with one attached hydrogen (secondary N) is 2. The highest BCUT2D eigenvalue weighted by Crippen LogP contribution is 2.40. The summed E-state index contributed by atoms with van der Waals surface area (Å²) in [5, 5.41) is 10.6. The molecule has 5 aromatic rings. The predicted octanol–water partition coefficient (Wildman–Crippen LogP) is 5.63. The van der Waals surface area contributed by atoms with Crippen LogP contribution in [0.4, 0.5) is 29.5 Å². The maximum atomic E-state index is 13.0. The van der Waals surface area contributed by atoms with Gasteiger partial charge in [-0.25, -0.2) is 14.8 Å². The quantitative estimate of drug-likeness (QED) is 0.227. The van der Waals surface area contributed by atoms with Crippen molar-refractivity contribution in [3.05, 3.63) is 84.1 Å². The van der Waals surface area contributed by atoms with Gasteiger partial charge in [0.25, 0.3) is 5.91 Å². The number of piperidine rings is 1. The molecule has 3 aliphatic rings. The van der Waals surface area contributed by atoms with Gasteiger partial charge in [-0.3, -0.25) is 28.9 Å². The van der Waals surface area contributed by atoms with Gasteiger partial charge in [-0.15, -0.1) is 0 Å². The van der Waals surface area contributed by atoms with Crippen LogP contribution in [-0.2, 0) is 11.0 Å². The van der Waals surface area contributed by atoms with Crippen LogP contribution in [0.25, 0.3) is 16.6 Å². The maximum Gasteiger partial charge on any atom is 0.433 e. The summed E-state index contributed by atoms with van der Waals surface area (Å²) >= 11 is 0. The highest BCUT2D eigenvalue weighted by Gasteiger charge is 2.35. The van der Waals surface area contributed by atoms with E-state index in [1.165, 1.54) is 11.6 Å². The van der Waals surface area contributed by atoms with E-state index in [2.05, 4.69) is 31.6 Å². The molecule has 0 bridgehead atoms. The van der Waals surface area contributed by atoms with Crippen molar-refractivity contribution in [2.45, 2.75) is 50.2 Å². The zero-order valence-corrected chi connectivity index (χ0v) is 26.9. The molecular formula is C35H34F3N9O3.